The lowest BCUT2D eigenvalue weighted by atomic mass is 9.75. The number of ether oxygens (including phenoxy) is 1. The largest absolute Gasteiger partial charge is 0.422 e. The van der Waals surface area contributed by atoms with Crippen molar-refractivity contribution in [2.45, 2.75) is 57.4 Å². The molecule has 0 radical (unpaired) electrons. The SMILES string of the molecule is CCCCCCC1c2ccccc2C2(Nc3ccccc3OC2=O)C1C(C)=O. The van der Waals surface area contributed by atoms with Crippen LogP contribution in [0.5, 0.6) is 5.75 Å². The average molecular weight is 377 g/mol. The van der Waals surface area contributed by atoms with E-state index in [2.05, 4.69) is 18.3 Å². The maximum atomic E-state index is 13.3. The van der Waals surface area contributed by atoms with E-state index >= 15 is 0 Å². The lowest BCUT2D eigenvalue weighted by Gasteiger charge is -2.39. The van der Waals surface area contributed by atoms with Gasteiger partial charge in [-0.25, -0.2) is 4.79 Å². The number of para-hydroxylation sites is 2. The molecular weight excluding hydrogens is 350 g/mol. The highest BCUT2D eigenvalue weighted by atomic mass is 16.5. The van der Waals surface area contributed by atoms with E-state index in [9.17, 15) is 9.59 Å². The molecule has 2 aliphatic rings. The Bertz CT molecular complexity index is 906. The minimum Gasteiger partial charge on any atom is -0.422 e. The molecule has 0 saturated heterocycles. The van der Waals surface area contributed by atoms with Crippen molar-refractivity contribution in [2.24, 2.45) is 5.92 Å². The second-order valence-corrected chi connectivity index (χ2v) is 7.95. The summed E-state index contributed by atoms with van der Waals surface area (Å²) in [6, 6.07) is 15.4. The van der Waals surface area contributed by atoms with Gasteiger partial charge < -0.3 is 10.1 Å². The van der Waals surface area contributed by atoms with Crippen LogP contribution < -0.4 is 10.1 Å². The van der Waals surface area contributed by atoms with Gasteiger partial charge in [-0.05, 0) is 42.5 Å². The van der Waals surface area contributed by atoms with Crippen LogP contribution in [0.2, 0.25) is 0 Å². The highest BCUT2D eigenvalue weighted by Crippen LogP contribution is 2.55. The van der Waals surface area contributed by atoms with Gasteiger partial charge in [0.1, 0.15) is 5.78 Å². The topological polar surface area (TPSA) is 55.4 Å². The quantitative estimate of drug-likeness (QED) is 0.428. The van der Waals surface area contributed by atoms with Crippen molar-refractivity contribution < 1.29 is 14.3 Å². The van der Waals surface area contributed by atoms with Crippen LogP contribution in [-0.2, 0) is 15.1 Å². The van der Waals surface area contributed by atoms with E-state index in [1.54, 1.807) is 13.0 Å². The number of hydrogen-bond donors (Lipinski definition) is 1. The summed E-state index contributed by atoms with van der Waals surface area (Å²) in [4.78, 5) is 26.2. The van der Waals surface area contributed by atoms with E-state index < -0.39 is 11.5 Å². The van der Waals surface area contributed by atoms with Gasteiger partial charge in [0.25, 0.3) is 0 Å². The molecule has 4 nitrogen and oxygen atoms in total. The number of carbonyl (C=O) groups excluding carboxylic acids is 2. The fourth-order valence-corrected chi connectivity index (χ4v) is 5.01. The third-order valence-electron chi connectivity index (χ3n) is 6.20. The van der Waals surface area contributed by atoms with Crippen molar-refractivity contribution >= 4 is 17.4 Å². The number of hydrogen-bond acceptors (Lipinski definition) is 4. The summed E-state index contributed by atoms with van der Waals surface area (Å²) in [5.74, 6) is -0.275. The summed E-state index contributed by atoms with van der Waals surface area (Å²) in [5, 5.41) is 3.45. The number of esters is 1. The standard InChI is InChI=1S/C24H27NO3/c1-3-4-5-6-12-18-17-11-7-8-13-19(17)24(22(18)16(2)26)23(27)28-21-15-10-9-14-20(21)25-24/h7-11,13-15,18,22,25H,3-6,12H2,1-2H3. The van der Waals surface area contributed by atoms with Crippen LogP contribution in [0.15, 0.2) is 48.5 Å². The van der Waals surface area contributed by atoms with Gasteiger partial charge in [0, 0.05) is 0 Å². The van der Waals surface area contributed by atoms with Gasteiger partial charge in [-0.3, -0.25) is 4.79 Å². The van der Waals surface area contributed by atoms with Gasteiger partial charge in [0.05, 0.1) is 11.6 Å². The number of benzene rings is 2. The molecule has 0 bridgehead atoms. The van der Waals surface area contributed by atoms with Crippen LogP contribution in [0.3, 0.4) is 0 Å². The van der Waals surface area contributed by atoms with Gasteiger partial charge in [-0.15, -0.1) is 0 Å². The van der Waals surface area contributed by atoms with Crippen LogP contribution in [0, 0.1) is 5.92 Å². The monoisotopic (exact) mass is 377 g/mol. The maximum Gasteiger partial charge on any atom is 0.342 e. The number of carbonyl (C=O) groups is 2. The third-order valence-corrected chi connectivity index (χ3v) is 6.20. The summed E-state index contributed by atoms with van der Waals surface area (Å²) in [7, 11) is 0. The fourth-order valence-electron chi connectivity index (χ4n) is 5.01. The normalized spacial score (nSPS) is 25.0. The van der Waals surface area contributed by atoms with E-state index in [1.807, 2.05) is 36.4 Å². The Morgan fingerprint density at radius 1 is 1.07 bits per heavy atom. The molecule has 1 N–H and O–H groups in total. The predicted molar refractivity (Wildman–Crippen MR) is 109 cm³/mol. The Hall–Kier alpha value is -2.62. The highest BCUT2D eigenvalue weighted by Gasteiger charge is 2.61. The van der Waals surface area contributed by atoms with Crippen molar-refractivity contribution in [1.82, 2.24) is 0 Å². The molecule has 0 amide bonds. The first-order chi connectivity index (χ1) is 13.6. The Labute approximate surface area is 166 Å². The maximum absolute atomic E-state index is 13.3. The van der Waals surface area contributed by atoms with E-state index in [0.29, 0.717) is 5.75 Å². The first kappa shape index (κ1) is 18.7. The van der Waals surface area contributed by atoms with Gasteiger partial charge in [-0.2, -0.15) is 0 Å². The minimum absolute atomic E-state index is 0.0240. The molecule has 2 aromatic rings. The zero-order valence-electron chi connectivity index (χ0n) is 16.5. The van der Waals surface area contributed by atoms with Crippen LogP contribution in [0.4, 0.5) is 5.69 Å². The van der Waals surface area contributed by atoms with Gasteiger partial charge in [0.2, 0.25) is 0 Å². The molecule has 2 aromatic carbocycles. The number of nitrogens with one attached hydrogen (secondary N) is 1. The van der Waals surface area contributed by atoms with Crippen LogP contribution in [0.1, 0.15) is 63.0 Å². The van der Waals surface area contributed by atoms with Crippen molar-refractivity contribution in [1.29, 1.82) is 0 Å². The van der Waals surface area contributed by atoms with Crippen molar-refractivity contribution in [3.8, 4) is 5.75 Å². The van der Waals surface area contributed by atoms with Crippen LogP contribution >= 0.6 is 0 Å². The number of fused-ring (bicyclic) bond motifs is 3. The van der Waals surface area contributed by atoms with Gasteiger partial charge in [0.15, 0.2) is 11.3 Å². The Balaban J connectivity index is 1.80. The number of anilines is 1. The zero-order chi connectivity index (χ0) is 19.7. The first-order valence-corrected chi connectivity index (χ1v) is 10.3. The Morgan fingerprint density at radius 3 is 2.61 bits per heavy atom. The highest BCUT2D eigenvalue weighted by molar-refractivity contribution is 6.00. The molecule has 146 valence electrons. The lowest BCUT2D eigenvalue weighted by Crippen LogP contribution is -2.54. The molecule has 3 unspecified atom stereocenters. The van der Waals surface area contributed by atoms with Gasteiger partial charge >= 0.3 is 5.97 Å². The van der Waals surface area contributed by atoms with Gasteiger partial charge in [-0.1, -0.05) is 69.0 Å². The zero-order valence-corrected chi connectivity index (χ0v) is 16.5. The lowest BCUT2D eigenvalue weighted by molar-refractivity contribution is -0.146. The molecule has 3 atom stereocenters. The molecule has 4 rings (SSSR count). The molecule has 28 heavy (non-hydrogen) atoms. The summed E-state index contributed by atoms with van der Waals surface area (Å²) in [6.45, 7) is 3.80. The first-order valence-electron chi connectivity index (χ1n) is 10.3. The average Bonchev–Trinajstić information content (AvgIpc) is 2.97. The number of unbranched alkanes of at least 4 members (excludes halogenated alkanes) is 3. The molecule has 1 aliphatic heterocycles. The van der Waals surface area contributed by atoms with E-state index in [1.165, 1.54) is 12.8 Å². The molecule has 0 fully saturated rings. The summed E-state index contributed by atoms with van der Waals surface area (Å²) in [5.41, 5.74) is 1.60. The van der Waals surface area contributed by atoms with Crippen molar-refractivity contribution in [2.75, 3.05) is 5.32 Å². The van der Waals surface area contributed by atoms with Crippen molar-refractivity contribution in [3.63, 3.8) is 0 Å². The number of Topliss-reactive ketones (excluding diaryl/α,β-unsaturated/α-hetero) is 1. The number of ketones is 1. The molecule has 1 spiro atoms. The predicted octanol–water partition coefficient (Wildman–Crippen LogP) is 5.19. The minimum atomic E-state index is -1.15. The molecule has 0 saturated carbocycles. The van der Waals surface area contributed by atoms with E-state index in [-0.39, 0.29) is 17.7 Å². The van der Waals surface area contributed by atoms with Crippen LogP contribution in [0.25, 0.3) is 0 Å². The smallest absolute Gasteiger partial charge is 0.342 e. The molecule has 1 heterocycles. The second kappa shape index (κ2) is 7.42. The molecule has 1 aliphatic carbocycles. The third kappa shape index (κ3) is 2.83. The number of rotatable bonds is 6. The van der Waals surface area contributed by atoms with Crippen LogP contribution in [-0.4, -0.2) is 11.8 Å². The van der Waals surface area contributed by atoms with E-state index in [4.69, 9.17) is 4.74 Å². The summed E-state index contributed by atoms with van der Waals surface area (Å²) >= 11 is 0. The van der Waals surface area contributed by atoms with E-state index in [0.717, 1.165) is 36.1 Å². The summed E-state index contributed by atoms with van der Waals surface area (Å²) < 4.78 is 5.74. The fraction of sp³-hybridized carbons (Fsp3) is 0.417. The molecule has 0 aromatic heterocycles. The summed E-state index contributed by atoms with van der Waals surface area (Å²) in [6.07, 6.45) is 5.47. The molecular formula is C24H27NO3. The van der Waals surface area contributed by atoms with Crippen molar-refractivity contribution in [3.05, 3.63) is 59.7 Å². The second-order valence-electron chi connectivity index (χ2n) is 7.95. The Kier molecular flexibility index (Phi) is 4.96. The Morgan fingerprint density at radius 2 is 1.82 bits per heavy atom. The molecule has 4 heteroatoms.